The highest BCUT2D eigenvalue weighted by Gasteiger charge is 2.46. The van der Waals surface area contributed by atoms with Gasteiger partial charge in [0.1, 0.15) is 11.9 Å². The van der Waals surface area contributed by atoms with Crippen LogP contribution < -0.4 is 0 Å². The molecule has 0 saturated heterocycles. The van der Waals surface area contributed by atoms with Crippen molar-refractivity contribution in [1.82, 2.24) is 0 Å². The molecule has 0 bridgehead atoms. The zero-order valence-electron chi connectivity index (χ0n) is 16.5. The Balaban J connectivity index is 2.41. The van der Waals surface area contributed by atoms with Gasteiger partial charge in [0.15, 0.2) is 5.78 Å². The number of carbonyl (C=O) groups is 2. The number of rotatable bonds is 3. The van der Waals surface area contributed by atoms with Gasteiger partial charge in [-0.3, -0.25) is 4.79 Å². The van der Waals surface area contributed by atoms with E-state index in [4.69, 9.17) is 21.1 Å². The molecule has 5 atom stereocenters. The molecule has 1 aliphatic heterocycles. The molecular formula is C22H29ClO5. The Morgan fingerprint density at radius 1 is 1.29 bits per heavy atom. The Labute approximate surface area is 171 Å². The van der Waals surface area contributed by atoms with E-state index < -0.39 is 29.3 Å². The van der Waals surface area contributed by atoms with Crippen LogP contribution in [0.15, 0.2) is 48.3 Å². The predicted octanol–water partition coefficient (Wildman–Crippen LogP) is 4.43. The molecule has 1 heterocycles. The molecule has 0 aromatic heterocycles. The van der Waals surface area contributed by atoms with Crippen molar-refractivity contribution in [1.29, 1.82) is 0 Å². The third-order valence-electron chi connectivity index (χ3n) is 5.06. The molecule has 2 rings (SSSR count). The van der Waals surface area contributed by atoms with Gasteiger partial charge in [0.25, 0.3) is 0 Å². The zero-order valence-corrected chi connectivity index (χ0v) is 17.2. The molecule has 0 radical (unpaired) electrons. The van der Waals surface area contributed by atoms with Crippen LogP contribution in [0, 0.1) is 11.8 Å². The van der Waals surface area contributed by atoms with Crippen molar-refractivity contribution in [3.05, 3.63) is 48.3 Å². The van der Waals surface area contributed by atoms with E-state index in [0.29, 0.717) is 6.42 Å². The lowest BCUT2D eigenvalue weighted by atomic mass is 9.76. The van der Waals surface area contributed by atoms with Gasteiger partial charge in [-0.15, -0.1) is 18.2 Å². The molecule has 6 heteroatoms. The number of alkyl halides is 1. The second-order valence-corrected chi connectivity index (χ2v) is 7.80. The molecular weight excluding hydrogens is 380 g/mol. The molecule has 0 aromatic carbocycles. The Hall–Kier alpha value is -1.85. The van der Waals surface area contributed by atoms with Crippen LogP contribution in [0.3, 0.4) is 0 Å². The number of fused-ring (bicyclic) bond motifs is 1. The Morgan fingerprint density at radius 2 is 2.00 bits per heavy atom. The van der Waals surface area contributed by atoms with Gasteiger partial charge in [-0.2, -0.15) is 0 Å². The van der Waals surface area contributed by atoms with Crippen molar-refractivity contribution < 1.29 is 24.2 Å². The van der Waals surface area contributed by atoms with Crippen molar-refractivity contribution in [2.45, 2.75) is 57.1 Å². The number of esters is 1. The van der Waals surface area contributed by atoms with E-state index in [1.807, 2.05) is 18.2 Å². The van der Waals surface area contributed by atoms with Crippen LogP contribution in [-0.2, 0) is 19.1 Å². The standard InChI is InChI=1S/C22H29ClO5/c1-4-12-27-21-15(3)20(25)18-17(19(21)23)13-16(24)11-9-7-5-6-8-10-14(2)28-22(18)26/h4,6,8-9,11,14-15,17,19,21,25H,1,5,7,10,12-13H2,2-3H3/b8-6+,11-9+/t14-,15?,17?,19?,21?/m1/s1. The monoisotopic (exact) mass is 408 g/mol. The Kier molecular flexibility index (Phi) is 8.52. The molecule has 0 spiro atoms. The topological polar surface area (TPSA) is 72.8 Å². The highest BCUT2D eigenvalue weighted by atomic mass is 35.5. The van der Waals surface area contributed by atoms with Crippen LogP contribution in [-0.4, -0.2) is 41.1 Å². The highest BCUT2D eigenvalue weighted by Crippen LogP contribution is 2.41. The summed E-state index contributed by atoms with van der Waals surface area (Å²) in [5.41, 5.74) is 0.0839. The zero-order chi connectivity index (χ0) is 20.7. The number of aliphatic hydroxyl groups is 1. The van der Waals surface area contributed by atoms with E-state index in [1.54, 1.807) is 19.9 Å². The number of ketones is 1. The fourth-order valence-electron chi connectivity index (χ4n) is 3.53. The molecule has 0 aromatic rings. The Morgan fingerprint density at radius 3 is 2.71 bits per heavy atom. The van der Waals surface area contributed by atoms with Gasteiger partial charge in [0, 0.05) is 24.7 Å². The van der Waals surface area contributed by atoms with Gasteiger partial charge >= 0.3 is 5.97 Å². The normalized spacial score (nSPS) is 34.8. The smallest absolute Gasteiger partial charge is 0.338 e. The van der Waals surface area contributed by atoms with Gasteiger partial charge in [-0.05, 0) is 25.8 Å². The fraction of sp³-hybridized carbons (Fsp3) is 0.545. The summed E-state index contributed by atoms with van der Waals surface area (Å²) in [4.78, 5) is 25.3. The first kappa shape index (κ1) is 22.4. The van der Waals surface area contributed by atoms with Gasteiger partial charge in [0.2, 0.25) is 0 Å². The summed E-state index contributed by atoms with van der Waals surface area (Å²) in [5, 5.41) is 10.1. The first-order chi connectivity index (χ1) is 13.4. The van der Waals surface area contributed by atoms with Gasteiger partial charge in [-0.1, -0.05) is 31.2 Å². The van der Waals surface area contributed by atoms with Crippen molar-refractivity contribution in [2.24, 2.45) is 11.8 Å². The van der Waals surface area contributed by atoms with Crippen LogP contribution in [0.1, 0.15) is 39.5 Å². The van der Waals surface area contributed by atoms with E-state index in [1.165, 1.54) is 6.08 Å². The number of allylic oxidation sites excluding steroid dienone is 3. The second kappa shape index (κ2) is 10.6. The molecule has 5 nitrogen and oxygen atoms in total. The fourth-order valence-corrected chi connectivity index (χ4v) is 4.04. The lowest BCUT2D eigenvalue weighted by Crippen LogP contribution is -2.45. The molecule has 0 fully saturated rings. The first-order valence-corrected chi connectivity index (χ1v) is 10.1. The third-order valence-corrected chi connectivity index (χ3v) is 5.62. The van der Waals surface area contributed by atoms with Crippen LogP contribution >= 0.6 is 11.6 Å². The maximum absolute atomic E-state index is 12.8. The number of hydrogen-bond donors (Lipinski definition) is 1. The minimum absolute atomic E-state index is 0.00402. The quantitative estimate of drug-likeness (QED) is 0.425. The lowest BCUT2D eigenvalue weighted by molar-refractivity contribution is -0.145. The summed E-state index contributed by atoms with van der Waals surface area (Å²) >= 11 is 6.67. The van der Waals surface area contributed by atoms with E-state index in [0.717, 1.165) is 12.8 Å². The largest absolute Gasteiger partial charge is 0.511 e. The van der Waals surface area contributed by atoms with Crippen LogP contribution in [0.25, 0.3) is 0 Å². The van der Waals surface area contributed by atoms with E-state index in [-0.39, 0.29) is 36.2 Å². The molecule has 1 N–H and O–H groups in total. The summed E-state index contributed by atoms with van der Waals surface area (Å²) in [7, 11) is 0. The molecule has 2 aliphatic rings. The van der Waals surface area contributed by atoms with Crippen molar-refractivity contribution in [2.75, 3.05) is 6.61 Å². The molecule has 1 aliphatic carbocycles. The third kappa shape index (κ3) is 5.58. The number of cyclic esters (lactones) is 1. The van der Waals surface area contributed by atoms with E-state index in [9.17, 15) is 14.7 Å². The summed E-state index contributed by atoms with van der Waals surface area (Å²) < 4.78 is 11.3. The van der Waals surface area contributed by atoms with Crippen LogP contribution in [0.2, 0.25) is 0 Å². The van der Waals surface area contributed by atoms with Gasteiger partial charge in [0.05, 0.1) is 23.7 Å². The van der Waals surface area contributed by atoms with Crippen molar-refractivity contribution in [3.8, 4) is 0 Å². The number of ether oxygens (including phenoxy) is 2. The number of hydrogen-bond acceptors (Lipinski definition) is 5. The van der Waals surface area contributed by atoms with Crippen molar-refractivity contribution >= 4 is 23.4 Å². The summed E-state index contributed by atoms with van der Waals surface area (Å²) in [6.07, 6.45) is 10.2. The van der Waals surface area contributed by atoms with Gasteiger partial charge < -0.3 is 14.6 Å². The van der Waals surface area contributed by atoms with E-state index in [2.05, 4.69) is 6.58 Å². The van der Waals surface area contributed by atoms with E-state index >= 15 is 0 Å². The highest BCUT2D eigenvalue weighted by molar-refractivity contribution is 6.22. The minimum Gasteiger partial charge on any atom is -0.511 e. The maximum atomic E-state index is 12.8. The molecule has 28 heavy (non-hydrogen) atoms. The number of aliphatic hydroxyl groups excluding tert-OH is 1. The molecule has 0 saturated carbocycles. The SMILES string of the molecule is C=CCOC1C(C)C(O)=C2C(=O)O[C@H](C)C/C=C/CC/C=C/C(=O)CC2C1Cl. The predicted molar refractivity (Wildman–Crippen MR) is 109 cm³/mol. The summed E-state index contributed by atoms with van der Waals surface area (Å²) in [6.45, 7) is 7.43. The average molecular weight is 409 g/mol. The molecule has 0 amide bonds. The minimum atomic E-state index is -0.692. The number of carbonyl (C=O) groups excluding carboxylic acids is 2. The van der Waals surface area contributed by atoms with Crippen LogP contribution in [0.4, 0.5) is 0 Å². The van der Waals surface area contributed by atoms with Crippen LogP contribution in [0.5, 0.6) is 0 Å². The molecule has 154 valence electrons. The first-order valence-electron chi connectivity index (χ1n) is 9.71. The Bertz CT molecular complexity index is 678. The number of halogens is 1. The maximum Gasteiger partial charge on any atom is 0.338 e. The van der Waals surface area contributed by atoms with Gasteiger partial charge in [-0.25, -0.2) is 4.79 Å². The second-order valence-electron chi connectivity index (χ2n) is 7.30. The average Bonchev–Trinajstić information content (AvgIpc) is 2.64. The molecule has 4 unspecified atom stereocenters. The summed E-state index contributed by atoms with van der Waals surface area (Å²) in [6, 6.07) is 0. The summed E-state index contributed by atoms with van der Waals surface area (Å²) in [5.74, 6) is -2.09. The van der Waals surface area contributed by atoms with Crippen molar-refractivity contribution in [3.63, 3.8) is 0 Å². The lowest BCUT2D eigenvalue weighted by Gasteiger charge is -2.38.